The van der Waals surface area contributed by atoms with Crippen LogP contribution in [0.2, 0.25) is 10.3 Å². The molecule has 1 unspecified atom stereocenters. The van der Waals surface area contributed by atoms with Crippen molar-refractivity contribution in [2.45, 2.75) is 6.10 Å². The smallest absolute Gasteiger partial charge is 0.254 e. The number of rotatable bonds is 5. The van der Waals surface area contributed by atoms with Crippen LogP contribution < -0.4 is 5.32 Å². The highest BCUT2D eigenvalue weighted by Gasteiger charge is 2.13. The van der Waals surface area contributed by atoms with Crippen molar-refractivity contribution in [2.75, 3.05) is 20.3 Å². The Kier molecular flexibility index (Phi) is 5.64. The molecule has 0 aromatic carbocycles. The van der Waals surface area contributed by atoms with E-state index in [0.29, 0.717) is 0 Å². The predicted octanol–water partition coefficient (Wildman–Crippen LogP) is 1.13. The summed E-state index contributed by atoms with van der Waals surface area (Å²) >= 11 is 11.4. The van der Waals surface area contributed by atoms with Crippen LogP contribution in [-0.2, 0) is 4.74 Å². The minimum Gasteiger partial charge on any atom is -0.389 e. The Morgan fingerprint density at radius 1 is 1.59 bits per heavy atom. The van der Waals surface area contributed by atoms with E-state index in [1.807, 2.05) is 0 Å². The Hall–Kier alpha value is -0.880. The fourth-order valence-corrected chi connectivity index (χ4v) is 1.57. The Balaban J connectivity index is 2.58. The molecule has 17 heavy (non-hydrogen) atoms. The normalized spacial score (nSPS) is 12.2. The third-order valence-electron chi connectivity index (χ3n) is 1.92. The van der Waals surface area contributed by atoms with E-state index >= 15 is 0 Å². The van der Waals surface area contributed by atoms with Gasteiger partial charge in [-0.3, -0.25) is 4.79 Å². The molecule has 0 aliphatic heterocycles. The number of amides is 1. The number of halogens is 2. The number of nitrogens with one attached hydrogen (secondary N) is 1. The van der Waals surface area contributed by atoms with Gasteiger partial charge in [0, 0.05) is 13.7 Å². The molecule has 0 spiro atoms. The first kappa shape index (κ1) is 14.2. The van der Waals surface area contributed by atoms with Crippen LogP contribution in [0.15, 0.2) is 12.1 Å². The van der Waals surface area contributed by atoms with Crippen molar-refractivity contribution in [3.05, 3.63) is 28.0 Å². The number of pyridine rings is 1. The first-order chi connectivity index (χ1) is 8.04. The van der Waals surface area contributed by atoms with Gasteiger partial charge in [0.25, 0.3) is 5.91 Å². The molecule has 1 atom stereocenters. The number of hydrogen-bond acceptors (Lipinski definition) is 4. The zero-order valence-corrected chi connectivity index (χ0v) is 10.6. The van der Waals surface area contributed by atoms with Crippen molar-refractivity contribution in [3.8, 4) is 0 Å². The fraction of sp³-hybridized carbons (Fsp3) is 0.400. The van der Waals surface area contributed by atoms with Gasteiger partial charge < -0.3 is 15.2 Å². The maximum absolute atomic E-state index is 11.7. The molecule has 0 saturated heterocycles. The summed E-state index contributed by atoms with van der Waals surface area (Å²) in [5, 5.41) is 12.1. The molecular formula is C10H12Cl2N2O3. The Bertz CT molecular complexity index is 401. The Labute approximate surface area is 109 Å². The second-order valence-electron chi connectivity index (χ2n) is 3.29. The first-order valence-corrected chi connectivity index (χ1v) is 5.57. The van der Waals surface area contributed by atoms with Crippen molar-refractivity contribution in [3.63, 3.8) is 0 Å². The van der Waals surface area contributed by atoms with Gasteiger partial charge in [-0.15, -0.1) is 0 Å². The van der Waals surface area contributed by atoms with Gasteiger partial charge in [0.05, 0.1) is 18.3 Å². The van der Waals surface area contributed by atoms with Gasteiger partial charge in [-0.2, -0.15) is 0 Å². The van der Waals surface area contributed by atoms with Crippen LogP contribution in [-0.4, -0.2) is 42.4 Å². The average Bonchev–Trinajstić information content (AvgIpc) is 2.26. The highest BCUT2D eigenvalue weighted by atomic mass is 35.5. The molecule has 1 heterocycles. The van der Waals surface area contributed by atoms with Gasteiger partial charge in [-0.1, -0.05) is 23.2 Å². The molecule has 0 aliphatic carbocycles. The van der Waals surface area contributed by atoms with Gasteiger partial charge in [0.15, 0.2) is 0 Å². The molecule has 2 N–H and O–H groups in total. The molecule has 1 rings (SSSR count). The van der Waals surface area contributed by atoms with Crippen LogP contribution >= 0.6 is 23.2 Å². The lowest BCUT2D eigenvalue weighted by Crippen LogP contribution is -2.34. The first-order valence-electron chi connectivity index (χ1n) is 4.82. The van der Waals surface area contributed by atoms with E-state index in [0.717, 1.165) is 0 Å². The summed E-state index contributed by atoms with van der Waals surface area (Å²) < 4.78 is 4.72. The largest absolute Gasteiger partial charge is 0.389 e. The van der Waals surface area contributed by atoms with E-state index in [1.54, 1.807) is 0 Å². The van der Waals surface area contributed by atoms with E-state index in [9.17, 15) is 9.90 Å². The van der Waals surface area contributed by atoms with Gasteiger partial charge in [0.2, 0.25) is 0 Å². The molecule has 7 heteroatoms. The Morgan fingerprint density at radius 2 is 2.29 bits per heavy atom. The van der Waals surface area contributed by atoms with Crippen LogP contribution in [0.4, 0.5) is 0 Å². The summed E-state index contributed by atoms with van der Waals surface area (Å²) in [5.74, 6) is -0.422. The van der Waals surface area contributed by atoms with E-state index in [2.05, 4.69) is 10.3 Å². The fourth-order valence-electron chi connectivity index (χ4n) is 1.14. The lowest BCUT2D eigenvalue weighted by Gasteiger charge is -2.11. The maximum atomic E-state index is 11.7. The highest BCUT2D eigenvalue weighted by molar-refractivity contribution is 6.34. The minimum absolute atomic E-state index is 0.0243. The number of aromatic nitrogens is 1. The van der Waals surface area contributed by atoms with E-state index in [4.69, 9.17) is 27.9 Å². The molecule has 1 aromatic rings. The van der Waals surface area contributed by atoms with Crippen molar-refractivity contribution < 1.29 is 14.6 Å². The van der Waals surface area contributed by atoms with Crippen molar-refractivity contribution >= 4 is 29.1 Å². The molecule has 0 saturated carbocycles. The molecule has 0 bridgehead atoms. The number of nitrogens with zero attached hydrogens (tertiary/aromatic N) is 1. The van der Waals surface area contributed by atoms with Gasteiger partial charge in [-0.05, 0) is 12.1 Å². The van der Waals surface area contributed by atoms with E-state index < -0.39 is 12.0 Å². The number of carbonyl (C=O) groups is 1. The second-order valence-corrected chi connectivity index (χ2v) is 4.04. The standard InChI is InChI=1S/C10H12Cl2N2O3/c1-17-5-6(15)4-13-10(16)7-2-3-8(11)14-9(7)12/h2-3,6,15H,4-5H2,1H3,(H,13,16). The number of aliphatic hydroxyl groups is 1. The Morgan fingerprint density at radius 3 is 2.88 bits per heavy atom. The summed E-state index contributed by atoms with van der Waals surface area (Å²) in [4.78, 5) is 15.4. The molecule has 0 aliphatic rings. The summed E-state index contributed by atoms with van der Waals surface area (Å²) in [5.41, 5.74) is 0.209. The predicted molar refractivity (Wildman–Crippen MR) is 64.5 cm³/mol. The van der Waals surface area contributed by atoms with Crippen molar-refractivity contribution in [1.29, 1.82) is 0 Å². The monoisotopic (exact) mass is 278 g/mol. The van der Waals surface area contributed by atoms with E-state index in [-0.39, 0.29) is 29.0 Å². The molecule has 94 valence electrons. The third kappa shape index (κ3) is 4.47. The molecule has 5 nitrogen and oxygen atoms in total. The molecule has 0 radical (unpaired) electrons. The van der Waals surface area contributed by atoms with Crippen LogP contribution in [0.5, 0.6) is 0 Å². The lowest BCUT2D eigenvalue weighted by molar-refractivity contribution is 0.0609. The van der Waals surface area contributed by atoms with Gasteiger partial charge >= 0.3 is 0 Å². The number of carbonyl (C=O) groups excluding carboxylic acids is 1. The number of hydrogen-bond donors (Lipinski definition) is 2. The van der Waals surface area contributed by atoms with Crippen LogP contribution in [0.1, 0.15) is 10.4 Å². The minimum atomic E-state index is -0.761. The topological polar surface area (TPSA) is 71.5 Å². The van der Waals surface area contributed by atoms with Crippen molar-refractivity contribution in [1.82, 2.24) is 10.3 Å². The third-order valence-corrected chi connectivity index (χ3v) is 2.42. The van der Waals surface area contributed by atoms with E-state index in [1.165, 1.54) is 19.2 Å². The van der Waals surface area contributed by atoms with Crippen molar-refractivity contribution in [2.24, 2.45) is 0 Å². The van der Waals surface area contributed by atoms with Crippen LogP contribution in [0.25, 0.3) is 0 Å². The zero-order valence-electron chi connectivity index (χ0n) is 9.11. The quantitative estimate of drug-likeness (QED) is 0.792. The summed E-state index contributed by atoms with van der Waals surface area (Å²) in [6, 6.07) is 2.93. The molecular weight excluding hydrogens is 267 g/mol. The zero-order chi connectivity index (χ0) is 12.8. The molecule has 1 aromatic heterocycles. The number of ether oxygens (including phenoxy) is 1. The summed E-state index contributed by atoms with van der Waals surface area (Å²) in [6.07, 6.45) is -0.761. The van der Waals surface area contributed by atoms with Gasteiger partial charge in [0.1, 0.15) is 10.3 Å². The van der Waals surface area contributed by atoms with Crippen LogP contribution in [0.3, 0.4) is 0 Å². The summed E-state index contributed by atoms with van der Waals surface area (Å²) in [6.45, 7) is 0.221. The lowest BCUT2D eigenvalue weighted by atomic mass is 10.2. The molecule has 1 amide bonds. The number of methoxy groups -OCH3 is 1. The molecule has 0 fully saturated rings. The average molecular weight is 279 g/mol. The van der Waals surface area contributed by atoms with Gasteiger partial charge in [-0.25, -0.2) is 4.98 Å². The number of aliphatic hydroxyl groups excluding tert-OH is 1. The highest BCUT2D eigenvalue weighted by Crippen LogP contribution is 2.16. The second kappa shape index (κ2) is 6.76. The maximum Gasteiger partial charge on any atom is 0.254 e. The van der Waals surface area contributed by atoms with Crippen LogP contribution in [0, 0.1) is 0 Å². The summed E-state index contributed by atoms with van der Waals surface area (Å²) in [7, 11) is 1.46. The SMILES string of the molecule is COCC(O)CNC(=O)c1ccc(Cl)nc1Cl.